The van der Waals surface area contributed by atoms with Gasteiger partial charge in [0, 0.05) is 25.3 Å². The topological polar surface area (TPSA) is 53.1 Å². The van der Waals surface area contributed by atoms with Crippen LogP contribution >= 0.6 is 15.9 Å². The summed E-state index contributed by atoms with van der Waals surface area (Å²) in [7, 11) is 2.20. The second-order valence-corrected chi connectivity index (χ2v) is 6.18. The van der Waals surface area contributed by atoms with Crippen molar-refractivity contribution >= 4 is 27.7 Å². The molecule has 1 unspecified atom stereocenters. The lowest BCUT2D eigenvalue weighted by Crippen LogP contribution is -2.40. The van der Waals surface area contributed by atoms with Crippen molar-refractivity contribution in [2.75, 3.05) is 37.3 Å². The van der Waals surface area contributed by atoms with Crippen molar-refractivity contribution in [2.45, 2.75) is 38.6 Å². The van der Waals surface area contributed by atoms with E-state index >= 15 is 0 Å². The molecule has 1 fully saturated rings. The number of piperidine rings is 1. The highest BCUT2D eigenvalue weighted by atomic mass is 79.9. The molecule has 0 aromatic carbocycles. The van der Waals surface area contributed by atoms with E-state index in [4.69, 9.17) is 0 Å². The van der Waals surface area contributed by atoms with Crippen LogP contribution in [-0.2, 0) is 0 Å². The van der Waals surface area contributed by atoms with Gasteiger partial charge in [0.25, 0.3) is 0 Å². The SMILES string of the molecule is CCCNc1ncc(Br)c(NCC2CCCCN2C)n1. The third-order valence-corrected chi connectivity index (χ3v) is 4.28. The van der Waals surface area contributed by atoms with Crippen LogP contribution in [0.25, 0.3) is 0 Å². The third kappa shape index (κ3) is 4.31. The average molecular weight is 342 g/mol. The average Bonchev–Trinajstić information content (AvgIpc) is 2.46. The highest BCUT2D eigenvalue weighted by Crippen LogP contribution is 2.21. The Hall–Kier alpha value is -0.880. The minimum Gasteiger partial charge on any atom is -0.367 e. The molecule has 1 atom stereocenters. The zero-order valence-corrected chi connectivity index (χ0v) is 13.9. The van der Waals surface area contributed by atoms with Crippen molar-refractivity contribution in [1.29, 1.82) is 0 Å². The maximum absolute atomic E-state index is 4.52. The van der Waals surface area contributed by atoms with Crippen molar-refractivity contribution in [1.82, 2.24) is 14.9 Å². The second-order valence-electron chi connectivity index (χ2n) is 5.33. The summed E-state index contributed by atoms with van der Waals surface area (Å²) in [6.45, 7) is 5.15. The van der Waals surface area contributed by atoms with Crippen LogP contribution in [0.3, 0.4) is 0 Å². The van der Waals surface area contributed by atoms with Crippen molar-refractivity contribution in [2.24, 2.45) is 0 Å². The zero-order valence-electron chi connectivity index (χ0n) is 12.3. The normalized spacial score (nSPS) is 19.9. The van der Waals surface area contributed by atoms with Gasteiger partial charge in [0.15, 0.2) is 0 Å². The molecule has 20 heavy (non-hydrogen) atoms. The van der Waals surface area contributed by atoms with Gasteiger partial charge in [0.05, 0.1) is 4.47 Å². The van der Waals surface area contributed by atoms with Gasteiger partial charge in [-0.3, -0.25) is 0 Å². The Morgan fingerprint density at radius 3 is 3.00 bits per heavy atom. The van der Waals surface area contributed by atoms with Gasteiger partial charge in [-0.2, -0.15) is 4.98 Å². The number of halogens is 1. The Labute approximate surface area is 129 Å². The molecule has 0 aliphatic carbocycles. The molecule has 112 valence electrons. The van der Waals surface area contributed by atoms with Gasteiger partial charge in [-0.15, -0.1) is 0 Å². The summed E-state index contributed by atoms with van der Waals surface area (Å²) in [5, 5.41) is 6.67. The lowest BCUT2D eigenvalue weighted by Gasteiger charge is -2.32. The number of nitrogens with one attached hydrogen (secondary N) is 2. The fourth-order valence-electron chi connectivity index (χ4n) is 2.43. The van der Waals surface area contributed by atoms with E-state index in [9.17, 15) is 0 Å². The highest BCUT2D eigenvalue weighted by Gasteiger charge is 2.19. The van der Waals surface area contributed by atoms with Crippen molar-refractivity contribution in [3.8, 4) is 0 Å². The summed E-state index contributed by atoms with van der Waals surface area (Å²) < 4.78 is 0.915. The molecule has 6 heteroatoms. The van der Waals surface area contributed by atoms with Gasteiger partial charge in [-0.05, 0) is 48.8 Å². The van der Waals surface area contributed by atoms with Crippen LogP contribution in [0.15, 0.2) is 10.7 Å². The Kier molecular flexibility index (Phi) is 6.04. The van der Waals surface area contributed by atoms with E-state index < -0.39 is 0 Å². The van der Waals surface area contributed by atoms with E-state index in [0.717, 1.165) is 29.8 Å². The highest BCUT2D eigenvalue weighted by molar-refractivity contribution is 9.10. The molecule has 2 N–H and O–H groups in total. The Bertz CT molecular complexity index is 426. The van der Waals surface area contributed by atoms with Gasteiger partial charge in [-0.1, -0.05) is 13.3 Å². The van der Waals surface area contributed by atoms with Gasteiger partial charge in [0.1, 0.15) is 5.82 Å². The fraction of sp³-hybridized carbons (Fsp3) is 0.714. The maximum atomic E-state index is 4.52. The van der Waals surface area contributed by atoms with E-state index in [1.807, 2.05) is 0 Å². The summed E-state index contributed by atoms with van der Waals surface area (Å²) in [6.07, 6.45) is 6.76. The van der Waals surface area contributed by atoms with Gasteiger partial charge < -0.3 is 15.5 Å². The van der Waals surface area contributed by atoms with Crippen LogP contribution in [0.4, 0.5) is 11.8 Å². The number of hydrogen-bond acceptors (Lipinski definition) is 5. The van der Waals surface area contributed by atoms with Crippen LogP contribution in [0.5, 0.6) is 0 Å². The zero-order chi connectivity index (χ0) is 14.4. The summed E-state index contributed by atoms with van der Waals surface area (Å²) >= 11 is 3.51. The molecular weight excluding hydrogens is 318 g/mol. The van der Waals surface area contributed by atoms with Crippen LogP contribution in [0, 0.1) is 0 Å². The van der Waals surface area contributed by atoms with E-state index in [-0.39, 0.29) is 0 Å². The van der Waals surface area contributed by atoms with Crippen molar-refractivity contribution in [3.63, 3.8) is 0 Å². The van der Waals surface area contributed by atoms with E-state index in [1.54, 1.807) is 6.20 Å². The molecule has 0 radical (unpaired) electrons. The van der Waals surface area contributed by atoms with E-state index in [1.165, 1.54) is 25.8 Å². The molecule has 2 heterocycles. The fourth-order valence-corrected chi connectivity index (χ4v) is 2.76. The predicted molar refractivity (Wildman–Crippen MR) is 87.3 cm³/mol. The summed E-state index contributed by atoms with van der Waals surface area (Å²) in [6, 6.07) is 0.595. The number of likely N-dealkylation sites (tertiary alicyclic amines) is 1. The molecular formula is C14H24BrN5. The van der Waals surface area contributed by atoms with Crippen molar-refractivity contribution < 1.29 is 0 Å². The first-order valence-electron chi connectivity index (χ1n) is 7.41. The molecule has 0 spiro atoms. The van der Waals surface area contributed by atoms with E-state index in [0.29, 0.717) is 12.0 Å². The molecule has 1 aliphatic heterocycles. The minimum atomic E-state index is 0.595. The molecule has 0 saturated carbocycles. The second kappa shape index (κ2) is 7.78. The van der Waals surface area contributed by atoms with Gasteiger partial charge in [0.2, 0.25) is 5.95 Å². The van der Waals surface area contributed by atoms with Crippen molar-refractivity contribution in [3.05, 3.63) is 10.7 Å². The lowest BCUT2D eigenvalue weighted by molar-refractivity contribution is 0.194. The van der Waals surface area contributed by atoms with Crippen LogP contribution in [-0.4, -0.2) is 47.6 Å². The number of hydrogen-bond donors (Lipinski definition) is 2. The predicted octanol–water partition coefficient (Wildman–Crippen LogP) is 2.96. The first kappa shape index (κ1) is 15.5. The molecule has 5 nitrogen and oxygen atoms in total. The third-order valence-electron chi connectivity index (χ3n) is 3.70. The smallest absolute Gasteiger partial charge is 0.224 e. The first-order chi connectivity index (χ1) is 9.70. The van der Waals surface area contributed by atoms with E-state index in [2.05, 4.69) is 55.4 Å². The molecule has 0 amide bonds. The lowest BCUT2D eigenvalue weighted by atomic mass is 10.0. The summed E-state index contributed by atoms with van der Waals surface area (Å²) in [4.78, 5) is 11.2. The molecule has 1 aromatic rings. The van der Waals surface area contributed by atoms with Crippen LogP contribution in [0.2, 0.25) is 0 Å². The van der Waals surface area contributed by atoms with Gasteiger partial charge >= 0.3 is 0 Å². The largest absolute Gasteiger partial charge is 0.367 e. The minimum absolute atomic E-state index is 0.595. The molecule has 1 aliphatic rings. The number of nitrogens with zero attached hydrogens (tertiary/aromatic N) is 3. The maximum Gasteiger partial charge on any atom is 0.224 e. The Morgan fingerprint density at radius 1 is 1.40 bits per heavy atom. The summed E-state index contributed by atoms with van der Waals surface area (Å²) in [5.74, 6) is 1.56. The molecule has 1 aromatic heterocycles. The number of likely N-dealkylation sites (N-methyl/N-ethyl adjacent to an activating group) is 1. The number of rotatable bonds is 6. The number of anilines is 2. The molecule has 0 bridgehead atoms. The Balaban J connectivity index is 1.93. The Morgan fingerprint density at radius 2 is 2.25 bits per heavy atom. The molecule has 2 rings (SSSR count). The number of aromatic nitrogens is 2. The summed E-state index contributed by atoms with van der Waals surface area (Å²) in [5.41, 5.74) is 0. The van der Waals surface area contributed by atoms with Gasteiger partial charge in [-0.25, -0.2) is 4.98 Å². The van der Waals surface area contributed by atoms with Crippen LogP contribution in [0.1, 0.15) is 32.6 Å². The molecule has 1 saturated heterocycles. The standard InChI is InChI=1S/C14H24BrN5/c1-3-7-16-14-18-10-12(15)13(19-14)17-9-11-6-4-5-8-20(11)2/h10-11H,3-9H2,1-2H3,(H2,16,17,18,19). The quantitative estimate of drug-likeness (QED) is 0.833. The monoisotopic (exact) mass is 341 g/mol. The van der Waals surface area contributed by atoms with Crippen LogP contribution < -0.4 is 10.6 Å². The first-order valence-corrected chi connectivity index (χ1v) is 8.20.